The van der Waals surface area contributed by atoms with E-state index >= 15 is 0 Å². The van der Waals surface area contributed by atoms with Gasteiger partial charge in [-0.3, -0.25) is 24.0 Å². The molecule has 0 bridgehead atoms. The molecule has 14 heteroatoms. The minimum Gasteiger partial charge on any atom is -0.481 e. The molecule has 0 spiro atoms. The summed E-state index contributed by atoms with van der Waals surface area (Å²) in [6.07, 6.45) is 0.334. The molecule has 0 fully saturated rings. The van der Waals surface area contributed by atoms with Crippen LogP contribution in [0.3, 0.4) is 0 Å². The van der Waals surface area contributed by atoms with Crippen molar-refractivity contribution in [3.05, 3.63) is 0 Å². The molecular weight excluding hydrogens is 410 g/mol. The van der Waals surface area contributed by atoms with Gasteiger partial charge in [0.2, 0.25) is 23.6 Å². The molecule has 29 heavy (non-hydrogen) atoms. The van der Waals surface area contributed by atoms with E-state index in [1.807, 2.05) is 0 Å². The van der Waals surface area contributed by atoms with Gasteiger partial charge in [-0.05, 0) is 18.4 Å². The van der Waals surface area contributed by atoms with Gasteiger partial charge in [-0.25, -0.2) is 4.79 Å². The SMILES string of the molecule is CSCCC(NC(=O)C(CC(=O)O)NC(=O)C(CC(N)=O)NC(=O)CN)C(=O)O. The smallest absolute Gasteiger partial charge is 0.326 e. The number of thioether (sulfide) groups is 1. The Hall–Kier alpha value is -2.87. The number of aliphatic carboxylic acids is 2. The van der Waals surface area contributed by atoms with Gasteiger partial charge >= 0.3 is 11.9 Å². The third-order valence-corrected chi connectivity index (χ3v) is 4.12. The maximum absolute atomic E-state index is 12.4. The summed E-state index contributed by atoms with van der Waals surface area (Å²) >= 11 is 1.35. The summed E-state index contributed by atoms with van der Waals surface area (Å²) in [6, 6.07) is -4.43. The Morgan fingerprint density at radius 1 is 0.897 bits per heavy atom. The number of nitrogens with two attached hydrogens (primary N) is 2. The van der Waals surface area contributed by atoms with Crippen LogP contribution in [0.15, 0.2) is 0 Å². The standard InChI is InChI=1S/C15H25N5O8S/c1-29-3-2-7(15(27)28)19-14(26)9(5-12(23)24)20-13(25)8(4-10(17)21)18-11(22)6-16/h7-9H,2-6,16H2,1H3,(H2,17,21)(H,18,22)(H,19,26)(H,20,25)(H,23,24)(H,27,28). The van der Waals surface area contributed by atoms with Gasteiger partial charge in [0.05, 0.1) is 19.4 Å². The van der Waals surface area contributed by atoms with E-state index in [2.05, 4.69) is 16.0 Å². The van der Waals surface area contributed by atoms with Crippen molar-refractivity contribution in [1.82, 2.24) is 16.0 Å². The van der Waals surface area contributed by atoms with E-state index in [1.54, 1.807) is 6.26 Å². The van der Waals surface area contributed by atoms with Crippen LogP contribution in [0.25, 0.3) is 0 Å². The van der Waals surface area contributed by atoms with E-state index < -0.39 is 73.1 Å². The van der Waals surface area contributed by atoms with Crippen LogP contribution in [0, 0.1) is 0 Å². The molecule has 4 amide bonds. The first kappa shape index (κ1) is 26.1. The van der Waals surface area contributed by atoms with Crippen LogP contribution in [0.4, 0.5) is 0 Å². The highest BCUT2D eigenvalue weighted by Gasteiger charge is 2.31. The summed E-state index contributed by atoms with van der Waals surface area (Å²) in [5.74, 6) is -6.17. The molecule has 164 valence electrons. The predicted octanol–water partition coefficient (Wildman–Crippen LogP) is -3.41. The fraction of sp³-hybridized carbons (Fsp3) is 0.600. The Kier molecular flexibility index (Phi) is 12.0. The van der Waals surface area contributed by atoms with E-state index in [4.69, 9.17) is 21.7 Å². The van der Waals surface area contributed by atoms with Gasteiger partial charge in [0.1, 0.15) is 18.1 Å². The highest BCUT2D eigenvalue weighted by atomic mass is 32.2. The Morgan fingerprint density at radius 3 is 1.83 bits per heavy atom. The van der Waals surface area contributed by atoms with Crippen molar-refractivity contribution in [2.75, 3.05) is 18.6 Å². The molecule has 0 saturated heterocycles. The van der Waals surface area contributed by atoms with Crippen molar-refractivity contribution in [2.45, 2.75) is 37.4 Å². The van der Waals surface area contributed by atoms with Gasteiger partial charge < -0.3 is 37.6 Å². The third kappa shape index (κ3) is 10.9. The summed E-state index contributed by atoms with van der Waals surface area (Å²) in [4.78, 5) is 69.5. The number of hydrogen-bond acceptors (Lipinski definition) is 8. The van der Waals surface area contributed by atoms with E-state index in [0.29, 0.717) is 5.75 Å². The number of carboxylic acid groups (broad SMARTS) is 2. The largest absolute Gasteiger partial charge is 0.481 e. The molecule has 0 aliphatic carbocycles. The number of rotatable bonds is 14. The average Bonchev–Trinajstić information content (AvgIpc) is 2.62. The van der Waals surface area contributed by atoms with Gasteiger partial charge in [0.25, 0.3) is 0 Å². The van der Waals surface area contributed by atoms with Crippen molar-refractivity contribution in [3.63, 3.8) is 0 Å². The van der Waals surface area contributed by atoms with Crippen molar-refractivity contribution in [2.24, 2.45) is 11.5 Å². The van der Waals surface area contributed by atoms with Gasteiger partial charge in [0.15, 0.2) is 0 Å². The lowest BCUT2D eigenvalue weighted by Crippen LogP contribution is -2.57. The molecule has 0 rings (SSSR count). The first-order valence-corrected chi connectivity index (χ1v) is 9.73. The second kappa shape index (κ2) is 13.3. The predicted molar refractivity (Wildman–Crippen MR) is 102 cm³/mol. The zero-order valence-corrected chi connectivity index (χ0v) is 16.5. The van der Waals surface area contributed by atoms with Crippen LogP contribution in [-0.2, 0) is 28.8 Å². The second-order valence-corrected chi connectivity index (χ2v) is 6.82. The Morgan fingerprint density at radius 2 is 1.41 bits per heavy atom. The van der Waals surface area contributed by atoms with Crippen LogP contribution in [0.5, 0.6) is 0 Å². The fourth-order valence-corrected chi connectivity index (χ4v) is 2.56. The molecular formula is C15H25N5O8S. The normalized spacial score (nSPS) is 13.4. The van der Waals surface area contributed by atoms with E-state index in [1.165, 1.54) is 11.8 Å². The lowest BCUT2D eigenvalue weighted by atomic mass is 10.1. The minimum absolute atomic E-state index is 0.0762. The zero-order chi connectivity index (χ0) is 22.6. The van der Waals surface area contributed by atoms with Gasteiger partial charge in [-0.1, -0.05) is 0 Å². The monoisotopic (exact) mass is 435 g/mol. The number of nitrogens with one attached hydrogen (secondary N) is 3. The summed E-state index contributed by atoms with van der Waals surface area (Å²) in [6.45, 7) is -0.489. The topological polar surface area (TPSA) is 231 Å². The summed E-state index contributed by atoms with van der Waals surface area (Å²) < 4.78 is 0. The molecule has 0 radical (unpaired) electrons. The Balaban J connectivity index is 5.36. The molecule has 13 nitrogen and oxygen atoms in total. The highest BCUT2D eigenvalue weighted by Crippen LogP contribution is 2.04. The maximum atomic E-state index is 12.4. The molecule has 0 saturated carbocycles. The molecule has 0 heterocycles. The van der Waals surface area contributed by atoms with E-state index in [9.17, 15) is 28.8 Å². The number of hydrogen-bond donors (Lipinski definition) is 7. The first-order valence-electron chi connectivity index (χ1n) is 8.33. The number of carbonyl (C=O) groups excluding carboxylic acids is 4. The molecule has 3 unspecified atom stereocenters. The molecule has 0 aromatic rings. The number of primary amides is 1. The fourth-order valence-electron chi connectivity index (χ4n) is 2.09. The minimum atomic E-state index is -1.65. The average molecular weight is 435 g/mol. The van der Waals surface area contributed by atoms with E-state index in [-0.39, 0.29) is 6.42 Å². The van der Waals surface area contributed by atoms with Gasteiger partial charge in [-0.15, -0.1) is 0 Å². The summed E-state index contributed by atoms with van der Waals surface area (Å²) in [7, 11) is 0. The van der Waals surface area contributed by atoms with Crippen molar-refractivity contribution in [1.29, 1.82) is 0 Å². The maximum Gasteiger partial charge on any atom is 0.326 e. The van der Waals surface area contributed by atoms with Gasteiger partial charge in [-0.2, -0.15) is 11.8 Å². The van der Waals surface area contributed by atoms with Crippen LogP contribution in [-0.4, -0.2) is 82.5 Å². The summed E-state index contributed by atoms with van der Waals surface area (Å²) in [5, 5.41) is 24.5. The molecule has 3 atom stereocenters. The quantitative estimate of drug-likeness (QED) is 0.143. The first-order chi connectivity index (χ1) is 13.5. The molecule has 0 aliphatic rings. The lowest BCUT2D eigenvalue weighted by molar-refractivity contribution is -0.143. The van der Waals surface area contributed by atoms with Crippen LogP contribution < -0.4 is 27.4 Å². The van der Waals surface area contributed by atoms with Crippen molar-refractivity contribution >= 4 is 47.3 Å². The van der Waals surface area contributed by atoms with Gasteiger partial charge in [0, 0.05) is 0 Å². The van der Waals surface area contributed by atoms with Crippen LogP contribution in [0.2, 0.25) is 0 Å². The Labute approximate surface area is 170 Å². The molecule has 0 aliphatic heterocycles. The van der Waals surface area contributed by atoms with Crippen LogP contribution in [0.1, 0.15) is 19.3 Å². The van der Waals surface area contributed by atoms with Crippen molar-refractivity contribution < 1.29 is 39.0 Å². The van der Waals surface area contributed by atoms with Crippen molar-refractivity contribution in [3.8, 4) is 0 Å². The summed E-state index contributed by atoms with van der Waals surface area (Å²) in [5.41, 5.74) is 10.2. The molecule has 0 aromatic heterocycles. The lowest BCUT2D eigenvalue weighted by Gasteiger charge is -2.23. The zero-order valence-electron chi connectivity index (χ0n) is 15.7. The number of amides is 4. The third-order valence-electron chi connectivity index (χ3n) is 3.48. The van der Waals surface area contributed by atoms with Crippen LogP contribution >= 0.6 is 11.8 Å². The number of carbonyl (C=O) groups is 6. The molecule has 0 aromatic carbocycles. The second-order valence-electron chi connectivity index (χ2n) is 5.83. The highest BCUT2D eigenvalue weighted by molar-refractivity contribution is 7.98. The Bertz CT molecular complexity index is 644. The molecule has 9 N–H and O–H groups in total. The number of carboxylic acids is 2. The van der Waals surface area contributed by atoms with E-state index in [0.717, 1.165) is 0 Å².